The van der Waals surface area contributed by atoms with Crippen molar-refractivity contribution < 1.29 is 57.4 Å². The van der Waals surface area contributed by atoms with Gasteiger partial charge in [0, 0.05) is 12.0 Å². The van der Waals surface area contributed by atoms with Crippen molar-refractivity contribution in [2.75, 3.05) is 20.4 Å². The summed E-state index contributed by atoms with van der Waals surface area (Å²) in [7, 11) is 1.49. The average Bonchev–Trinajstić information content (AvgIpc) is 3.67. The molecule has 16 heteroatoms. The van der Waals surface area contributed by atoms with Crippen LogP contribution in [-0.2, 0) is 24.0 Å². The highest BCUT2D eigenvalue weighted by molar-refractivity contribution is 6.00. The molecule has 4 N–H and O–H groups in total. The lowest BCUT2D eigenvalue weighted by Gasteiger charge is -2.31. The lowest BCUT2D eigenvalue weighted by molar-refractivity contribution is -0.171. The lowest BCUT2D eigenvalue weighted by Crippen LogP contribution is -2.49. The van der Waals surface area contributed by atoms with E-state index in [4.69, 9.17) is 18.7 Å². The highest BCUT2D eigenvalue weighted by atomic mass is 16.7. The van der Waals surface area contributed by atoms with Gasteiger partial charge in [0.15, 0.2) is 5.76 Å². The lowest BCUT2D eigenvalue weighted by atomic mass is 9.90. The van der Waals surface area contributed by atoms with E-state index in [1.54, 1.807) is 26.0 Å². The van der Waals surface area contributed by atoms with E-state index in [0.29, 0.717) is 43.3 Å². The summed E-state index contributed by atoms with van der Waals surface area (Å²) in [6.45, 7) is 5.38. The molecule has 0 saturated carbocycles. The second-order valence-electron chi connectivity index (χ2n) is 11.9. The summed E-state index contributed by atoms with van der Waals surface area (Å²) in [5, 5.41) is 17.7. The molecule has 290 valence electrons. The second kappa shape index (κ2) is 21.4. The van der Waals surface area contributed by atoms with Crippen molar-refractivity contribution in [3.8, 4) is 22.8 Å². The predicted octanol–water partition coefficient (Wildman–Crippen LogP) is 4.13. The number of methoxy groups -OCH3 is 1. The molecular weight excluding hydrogens is 704 g/mol. The second-order valence-corrected chi connectivity index (χ2v) is 11.9. The van der Waals surface area contributed by atoms with Crippen LogP contribution in [0.2, 0.25) is 0 Å². The standard InChI is InChI=1S/C38H46N4O12/c1-5-8-9-10-27(30(6-2)42(23-44)54-38(50)24-11-14-26(51-4)15-12-24)34(45)39-22-40-36(47)32-18-17-31(53-32)25-13-16-28(33(21-25)52-7-3)35(46)41-29(19-20-43)37(48)49/h11-18,20-21,23,27,29-30H,5-10,19,22H2,1-4H3,(H,39,45)(H,40,47)(H,41,46)(H,48,49). The molecule has 3 aromatic rings. The maximum atomic E-state index is 13.5. The van der Waals surface area contributed by atoms with E-state index < -0.39 is 54.1 Å². The Morgan fingerprint density at radius 1 is 0.926 bits per heavy atom. The molecule has 4 amide bonds. The topological polar surface area (TPSA) is 220 Å². The molecule has 1 heterocycles. The number of carboxylic acids is 1. The highest BCUT2D eigenvalue weighted by Crippen LogP contribution is 2.29. The number of aldehydes is 1. The summed E-state index contributed by atoms with van der Waals surface area (Å²) in [5.74, 6) is -3.95. The molecule has 0 bridgehead atoms. The number of furan rings is 1. The molecule has 0 aliphatic heterocycles. The third-order valence-electron chi connectivity index (χ3n) is 8.37. The molecule has 54 heavy (non-hydrogen) atoms. The number of hydrogen-bond donors (Lipinski definition) is 4. The van der Waals surface area contributed by atoms with Crippen molar-refractivity contribution in [1.29, 1.82) is 0 Å². The van der Waals surface area contributed by atoms with Crippen LogP contribution in [0, 0.1) is 5.92 Å². The van der Waals surface area contributed by atoms with Gasteiger partial charge in [-0.05, 0) is 68.3 Å². The van der Waals surface area contributed by atoms with E-state index in [0.717, 1.165) is 17.9 Å². The van der Waals surface area contributed by atoms with E-state index in [9.17, 15) is 38.7 Å². The number of carbonyl (C=O) groups excluding carboxylic acids is 6. The molecule has 0 aliphatic carbocycles. The van der Waals surface area contributed by atoms with Crippen LogP contribution in [-0.4, -0.2) is 85.0 Å². The smallest absolute Gasteiger partial charge is 0.363 e. The first-order valence-corrected chi connectivity index (χ1v) is 17.5. The molecule has 0 saturated heterocycles. The number of aliphatic carboxylic acids is 1. The number of hydroxylamine groups is 2. The monoisotopic (exact) mass is 750 g/mol. The fourth-order valence-electron chi connectivity index (χ4n) is 5.53. The van der Waals surface area contributed by atoms with Crippen LogP contribution < -0.4 is 25.4 Å². The van der Waals surface area contributed by atoms with Crippen LogP contribution >= 0.6 is 0 Å². The van der Waals surface area contributed by atoms with Crippen molar-refractivity contribution in [2.45, 2.75) is 71.4 Å². The van der Waals surface area contributed by atoms with Crippen molar-refractivity contribution in [3.05, 3.63) is 71.5 Å². The van der Waals surface area contributed by atoms with Crippen LogP contribution in [0.3, 0.4) is 0 Å². The van der Waals surface area contributed by atoms with Gasteiger partial charge in [0.05, 0.1) is 43.5 Å². The summed E-state index contributed by atoms with van der Waals surface area (Å²) in [4.78, 5) is 92.0. The molecule has 1 aromatic heterocycles. The van der Waals surface area contributed by atoms with Gasteiger partial charge in [-0.3, -0.25) is 19.2 Å². The van der Waals surface area contributed by atoms with Gasteiger partial charge in [-0.2, -0.15) is 5.06 Å². The first-order valence-electron chi connectivity index (χ1n) is 17.5. The number of hydrogen-bond acceptors (Lipinski definition) is 11. The molecule has 0 fully saturated rings. The zero-order valence-electron chi connectivity index (χ0n) is 30.6. The molecule has 3 atom stereocenters. The van der Waals surface area contributed by atoms with Crippen LogP contribution in [0.15, 0.2) is 59.0 Å². The zero-order chi connectivity index (χ0) is 39.6. The minimum absolute atomic E-state index is 0.0305. The van der Waals surface area contributed by atoms with Crippen LogP contribution in [0.4, 0.5) is 0 Å². The van der Waals surface area contributed by atoms with E-state index >= 15 is 0 Å². The fourth-order valence-corrected chi connectivity index (χ4v) is 5.53. The van der Waals surface area contributed by atoms with Gasteiger partial charge in [0.1, 0.15) is 29.6 Å². The van der Waals surface area contributed by atoms with E-state index in [1.165, 1.54) is 49.6 Å². The van der Waals surface area contributed by atoms with E-state index in [1.807, 2.05) is 6.92 Å². The number of ether oxygens (including phenoxy) is 2. The third kappa shape index (κ3) is 11.7. The number of nitrogens with zero attached hydrogens (tertiary/aromatic N) is 1. The number of amides is 4. The molecule has 3 rings (SSSR count). The molecule has 0 spiro atoms. The van der Waals surface area contributed by atoms with Gasteiger partial charge in [-0.1, -0.05) is 39.2 Å². The Hall–Kier alpha value is -6.19. The summed E-state index contributed by atoms with van der Waals surface area (Å²) in [6, 6.07) is 11.3. The zero-order valence-corrected chi connectivity index (χ0v) is 30.6. The van der Waals surface area contributed by atoms with Crippen LogP contribution in [0.25, 0.3) is 11.3 Å². The highest BCUT2D eigenvalue weighted by Gasteiger charge is 2.34. The molecule has 3 unspecified atom stereocenters. The number of rotatable bonds is 23. The quantitative estimate of drug-likeness (QED) is 0.0465. The average molecular weight is 751 g/mol. The molecule has 0 aliphatic rings. The maximum absolute atomic E-state index is 13.5. The number of nitrogens with one attached hydrogen (secondary N) is 3. The summed E-state index contributed by atoms with van der Waals surface area (Å²) in [5.41, 5.74) is 0.659. The minimum Gasteiger partial charge on any atom is -0.497 e. The normalized spacial score (nSPS) is 12.3. The largest absolute Gasteiger partial charge is 0.497 e. The number of carbonyl (C=O) groups is 7. The Balaban J connectivity index is 1.68. The van der Waals surface area contributed by atoms with Gasteiger partial charge in [0.25, 0.3) is 11.8 Å². The van der Waals surface area contributed by atoms with Gasteiger partial charge in [-0.15, -0.1) is 0 Å². The summed E-state index contributed by atoms with van der Waals surface area (Å²) < 4.78 is 16.5. The van der Waals surface area contributed by atoms with Gasteiger partial charge >= 0.3 is 11.9 Å². The minimum atomic E-state index is -1.42. The first-order chi connectivity index (χ1) is 26.0. The van der Waals surface area contributed by atoms with Crippen molar-refractivity contribution in [3.63, 3.8) is 0 Å². The Morgan fingerprint density at radius 3 is 2.28 bits per heavy atom. The van der Waals surface area contributed by atoms with Crippen molar-refractivity contribution >= 4 is 42.4 Å². The molecule has 0 radical (unpaired) electrons. The van der Waals surface area contributed by atoms with Gasteiger partial charge in [0.2, 0.25) is 12.3 Å². The number of carboxylic acid groups (broad SMARTS) is 1. The predicted molar refractivity (Wildman–Crippen MR) is 193 cm³/mol. The molecule has 2 aromatic carbocycles. The Labute approximate surface area is 312 Å². The molecule has 16 nitrogen and oxygen atoms in total. The number of benzene rings is 2. The SMILES string of the molecule is CCCCCC(C(=O)NCNC(=O)c1ccc(-c2ccc(C(=O)NC(CC=O)C(=O)O)c(OCC)c2)o1)C(CC)N(C=O)OC(=O)c1ccc(OC)cc1. The maximum Gasteiger partial charge on any atom is 0.363 e. The van der Waals surface area contributed by atoms with E-state index in [-0.39, 0.29) is 41.7 Å². The fraction of sp³-hybridized carbons (Fsp3) is 0.395. The van der Waals surface area contributed by atoms with Gasteiger partial charge in [-0.25, -0.2) is 9.59 Å². The van der Waals surface area contributed by atoms with Crippen LogP contribution in [0.5, 0.6) is 11.5 Å². The number of unbranched alkanes of at least 4 members (excludes halogenated alkanes) is 2. The van der Waals surface area contributed by atoms with Crippen molar-refractivity contribution in [1.82, 2.24) is 21.0 Å². The van der Waals surface area contributed by atoms with E-state index in [2.05, 4.69) is 16.0 Å². The summed E-state index contributed by atoms with van der Waals surface area (Å²) >= 11 is 0. The third-order valence-corrected chi connectivity index (χ3v) is 8.37. The van der Waals surface area contributed by atoms with Gasteiger partial charge < -0.3 is 44.6 Å². The Morgan fingerprint density at radius 2 is 1.67 bits per heavy atom. The Kier molecular flexibility index (Phi) is 16.7. The molecular formula is C38H46N4O12. The van der Waals surface area contributed by atoms with Crippen molar-refractivity contribution in [2.24, 2.45) is 5.92 Å². The first kappa shape index (κ1) is 42.2. The van der Waals surface area contributed by atoms with Crippen LogP contribution in [0.1, 0.15) is 90.6 Å². The Bertz CT molecular complexity index is 1760. The summed E-state index contributed by atoms with van der Waals surface area (Å²) in [6.07, 6.45) is 3.43.